The van der Waals surface area contributed by atoms with E-state index in [-0.39, 0.29) is 18.7 Å². The second-order valence-electron chi connectivity index (χ2n) is 4.64. The van der Waals surface area contributed by atoms with Gasteiger partial charge in [0, 0.05) is 6.04 Å². The maximum atomic E-state index is 10.8. The quantitative estimate of drug-likeness (QED) is 0.701. The van der Waals surface area contributed by atoms with Crippen molar-refractivity contribution < 1.29 is 15.0 Å². The number of carbonyl (C=O) groups is 1. The van der Waals surface area contributed by atoms with Gasteiger partial charge in [-0.25, -0.2) is 0 Å². The second-order valence-corrected chi connectivity index (χ2v) is 4.64. The van der Waals surface area contributed by atoms with Crippen molar-refractivity contribution in [3.8, 4) is 0 Å². The fourth-order valence-electron chi connectivity index (χ4n) is 2.52. The van der Waals surface area contributed by atoms with E-state index in [9.17, 15) is 9.90 Å². The Bertz CT molecular complexity index is 220. The number of nitrogens with zero attached hydrogens (tertiary/aromatic N) is 1. The van der Waals surface area contributed by atoms with Crippen LogP contribution in [0.1, 0.15) is 45.4 Å². The third kappa shape index (κ3) is 4.10. The minimum atomic E-state index is -0.801. The molecular formula is C12H23NO3. The summed E-state index contributed by atoms with van der Waals surface area (Å²) in [5.41, 5.74) is 0. The topological polar surface area (TPSA) is 60.8 Å². The van der Waals surface area contributed by atoms with Crippen LogP contribution in [0.3, 0.4) is 0 Å². The van der Waals surface area contributed by atoms with E-state index in [1.165, 1.54) is 0 Å². The van der Waals surface area contributed by atoms with E-state index in [4.69, 9.17) is 5.11 Å². The molecule has 0 aliphatic heterocycles. The molecule has 1 rings (SSSR count). The summed E-state index contributed by atoms with van der Waals surface area (Å²) < 4.78 is 0. The van der Waals surface area contributed by atoms with E-state index in [0.29, 0.717) is 0 Å². The largest absolute Gasteiger partial charge is 0.480 e. The first-order chi connectivity index (χ1) is 7.65. The zero-order valence-corrected chi connectivity index (χ0v) is 10.1. The van der Waals surface area contributed by atoms with Crippen molar-refractivity contribution in [2.75, 3.05) is 13.1 Å². The molecule has 1 fully saturated rings. The Kier molecular flexibility index (Phi) is 5.77. The number of hydrogen-bond acceptors (Lipinski definition) is 3. The fraction of sp³-hybridized carbons (Fsp3) is 0.917. The van der Waals surface area contributed by atoms with Crippen molar-refractivity contribution in [1.82, 2.24) is 4.90 Å². The molecule has 0 radical (unpaired) electrons. The van der Waals surface area contributed by atoms with Crippen LogP contribution in [-0.4, -0.2) is 46.3 Å². The molecule has 1 aliphatic rings. The number of aliphatic hydroxyl groups excluding tert-OH is 1. The average Bonchev–Trinajstić information content (AvgIpc) is 2.41. The Hall–Kier alpha value is -0.610. The van der Waals surface area contributed by atoms with Crippen LogP contribution in [0.25, 0.3) is 0 Å². The summed E-state index contributed by atoms with van der Waals surface area (Å²) in [6, 6.07) is 0.0403. The monoisotopic (exact) mass is 229 g/mol. The summed E-state index contributed by atoms with van der Waals surface area (Å²) in [5.74, 6) is -0.801. The summed E-state index contributed by atoms with van der Waals surface area (Å²) in [5, 5.41) is 18.9. The Morgan fingerprint density at radius 1 is 1.31 bits per heavy atom. The van der Waals surface area contributed by atoms with E-state index in [0.717, 1.165) is 45.1 Å². The molecule has 0 aromatic carbocycles. The van der Waals surface area contributed by atoms with Gasteiger partial charge in [-0.05, 0) is 25.8 Å². The highest BCUT2D eigenvalue weighted by Gasteiger charge is 2.28. The third-order valence-corrected chi connectivity index (χ3v) is 3.26. The Balaban J connectivity index is 2.61. The molecule has 2 unspecified atom stereocenters. The Morgan fingerprint density at radius 2 is 2.00 bits per heavy atom. The van der Waals surface area contributed by atoms with Crippen molar-refractivity contribution in [2.24, 2.45) is 0 Å². The molecule has 1 saturated carbocycles. The lowest BCUT2D eigenvalue weighted by Crippen LogP contribution is -2.45. The number of carboxylic acid groups (broad SMARTS) is 1. The second kappa shape index (κ2) is 6.86. The van der Waals surface area contributed by atoms with Gasteiger partial charge in [-0.15, -0.1) is 0 Å². The van der Waals surface area contributed by atoms with Gasteiger partial charge in [-0.1, -0.05) is 26.2 Å². The van der Waals surface area contributed by atoms with Gasteiger partial charge in [0.15, 0.2) is 0 Å². The highest BCUT2D eigenvalue weighted by molar-refractivity contribution is 5.69. The Labute approximate surface area is 97.3 Å². The van der Waals surface area contributed by atoms with Crippen LogP contribution < -0.4 is 0 Å². The standard InChI is InChI=1S/C12H23NO3/c1-2-8-13(9-12(15)16)10-6-4-3-5-7-11(10)14/h10-11,14H,2-9H2,1H3,(H,15,16). The molecule has 0 bridgehead atoms. The summed E-state index contributed by atoms with van der Waals surface area (Å²) in [6.45, 7) is 2.85. The van der Waals surface area contributed by atoms with Crippen LogP contribution >= 0.6 is 0 Å². The van der Waals surface area contributed by atoms with Gasteiger partial charge in [0.25, 0.3) is 0 Å². The van der Waals surface area contributed by atoms with Gasteiger partial charge in [-0.2, -0.15) is 0 Å². The summed E-state index contributed by atoms with van der Waals surface area (Å²) in [4.78, 5) is 12.7. The molecule has 4 heteroatoms. The third-order valence-electron chi connectivity index (χ3n) is 3.26. The van der Waals surface area contributed by atoms with Crippen molar-refractivity contribution in [2.45, 2.75) is 57.6 Å². The SMILES string of the molecule is CCCN(CC(=O)O)C1CCCCCC1O. The van der Waals surface area contributed by atoms with Gasteiger partial charge in [-0.3, -0.25) is 9.69 Å². The molecule has 0 spiro atoms. The van der Waals surface area contributed by atoms with Crippen LogP contribution in [-0.2, 0) is 4.79 Å². The predicted octanol–water partition coefficient (Wildman–Crippen LogP) is 1.48. The van der Waals surface area contributed by atoms with Crippen LogP contribution in [0.15, 0.2) is 0 Å². The molecule has 94 valence electrons. The molecule has 4 nitrogen and oxygen atoms in total. The zero-order valence-electron chi connectivity index (χ0n) is 10.1. The first kappa shape index (κ1) is 13.5. The average molecular weight is 229 g/mol. The number of aliphatic hydroxyl groups is 1. The normalized spacial score (nSPS) is 26.7. The molecule has 0 aromatic heterocycles. The summed E-state index contributed by atoms with van der Waals surface area (Å²) in [7, 11) is 0. The molecule has 0 aromatic rings. The lowest BCUT2D eigenvalue weighted by molar-refractivity contribution is -0.139. The molecule has 0 heterocycles. The molecule has 16 heavy (non-hydrogen) atoms. The number of rotatable bonds is 5. The van der Waals surface area contributed by atoms with Gasteiger partial charge >= 0.3 is 5.97 Å². The number of carboxylic acids is 1. The van der Waals surface area contributed by atoms with Crippen LogP contribution in [0, 0.1) is 0 Å². The van der Waals surface area contributed by atoms with E-state index in [1.54, 1.807) is 0 Å². The molecule has 0 saturated heterocycles. The van der Waals surface area contributed by atoms with Crippen molar-refractivity contribution in [3.05, 3.63) is 0 Å². The molecule has 1 aliphatic carbocycles. The smallest absolute Gasteiger partial charge is 0.317 e. The maximum Gasteiger partial charge on any atom is 0.317 e. The molecular weight excluding hydrogens is 206 g/mol. The summed E-state index contributed by atoms with van der Waals surface area (Å²) >= 11 is 0. The van der Waals surface area contributed by atoms with E-state index in [2.05, 4.69) is 0 Å². The minimum Gasteiger partial charge on any atom is -0.480 e. The maximum absolute atomic E-state index is 10.8. The Morgan fingerprint density at radius 3 is 2.62 bits per heavy atom. The summed E-state index contributed by atoms with van der Waals surface area (Å²) in [6.07, 6.45) is 5.62. The predicted molar refractivity (Wildman–Crippen MR) is 62.4 cm³/mol. The van der Waals surface area contributed by atoms with Crippen molar-refractivity contribution in [3.63, 3.8) is 0 Å². The first-order valence-electron chi connectivity index (χ1n) is 6.29. The van der Waals surface area contributed by atoms with Gasteiger partial charge in [0.05, 0.1) is 12.6 Å². The zero-order chi connectivity index (χ0) is 12.0. The van der Waals surface area contributed by atoms with E-state index in [1.807, 2.05) is 11.8 Å². The van der Waals surface area contributed by atoms with E-state index >= 15 is 0 Å². The van der Waals surface area contributed by atoms with Crippen molar-refractivity contribution >= 4 is 5.97 Å². The molecule has 0 amide bonds. The minimum absolute atomic E-state index is 0.0403. The lowest BCUT2D eigenvalue weighted by atomic mass is 10.0. The van der Waals surface area contributed by atoms with Crippen LogP contribution in [0.5, 0.6) is 0 Å². The van der Waals surface area contributed by atoms with Crippen LogP contribution in [0.2, 0.25) is 0 Å². The van der Waals surface area contributed by atoms with Gasteiger partial charge < -0.3 is 10.2 Å². The van der Waals surface area contributed by atoms with Crippen LogP contribution in [0.4, 0.5) is 0 Å². The van der Waals surface area contributed by atoms with Gasteiger partial charge in [0.2, 0.25) is 0 Å². The van der Waals surface area contributed by atoms with Crippen molar-refractivity contribution in [1.29, 1.82) is 0 Å². The first-order valence-corrected chi connectivity index (χ1v) is 6.29. The van der Waals surface area contributed by atoms with E-state index < -0.39 is 5.97 Å². The lowest BCUT2D eigenvalue weighted by Gasteiger charge is -2.32. The fourth-order valence-corrected chi connectivity index (χ4v) is 2.52. The number of aliphatic carboxylic acids is 1. The highest BCUT2D eigenvalue weighted by atomic mass is 16.4. The highest BCUT2D eigenvalue weighted by Crippen LogP contribution is 2.22. The van der Waals surface area contributed by atoms with Gasteiger partial charge in [0.1, 0.15) is 0 Å². The number of hydrogen-bond donors (Lipinski definition) is 2. The molecule has 2 N–H and O–H groups in total. The molecule has 2 atom stereocenters.